The Morgan fingerprint density at radius 3 is 2.36 bits per heavy atom. The molecule has 4 rings (SSSR count). The van der Waals surface area contributed by atoms with Gasteiger partial charge in [0.15, 0.2) is 0 Å². The Kier molecular flexibility index (Phi) is 7.41. The van der Waals surface area contributed by atoms with Gasteiger partial charge in [-0.05, 0) is 68.2 Å². The lowest BCUT2D eigenvalue weighted by molar-refractivity contribution is 0.0146. The monoisotopic (exact) mass is 493 g/mol. The Hall–Kier alpha value is -2.35. The maximum atomic E-state index is 13.5. The molecule has 2 aliphatic rings. The Morgan fingerprint density at radius 2 is 1.70 bits per heavy atom. The highest BCUT2D eigenvalue weighted by Crippen LogP contribution is 2.27. The summed E-state index contributed by atoms with van der Waals surface area (Å²) in [6.45, 7) is 3.77. The van der Waals surface area contributed by atoms with Gasteiger partial charge in [-0.25, -0.2) is 4.39 Å². The fourth-order valence-corrected chi connectivity index (χ4v) is 4.83. The third-order valence-electron chi connectivity index (χ3n) is 6.34. The molecule has 0 aliphatic carbocycles. The molecule has 6 nitrogen and oxygen atoms in total. The van der Waals surface area contributed by atoms with Crippen molar-refractivity contribution in [2.45, 2.75) is 18.9 Å². The van der Waals surface area contributed by atoms with E-state index in [9.17, 15) is 14.0 Å². The molecule has 176 valence electrons. The molecular weight excluding hydrogens is 468 g/mol. The summed E-state index contributed by atoms with van der Waals surface area (Å²) in [5.41, 5.74) is 0.765. The van der Waals surface area contributed by atoms with E-state index in [1.807, 2.05) is 4.90 Å². The average molecular weight is 494 g/mol. The van der Waals surface area contributed by atoms with E-state index in [2.05, 4.69) is 10.2 Å². The van der Waals surface area contributed by atoms with Crippen molar-refractivity contribution in [3.05, 3.63) is 63.4 Å². The van der Waals surface area contributed by atoms with Crippen LogP contribution in [-0.4, -0.2) is 67.5 Å². The second-order valence-corrected chi connectivity index (χ2v) is 9.46. The molecule has 0 radical (unpaired) electrons. The summed E-state index contributed by atoms with van der Waals surface area (Å²) >= 11 is 11.9. The topological polar surface area (TPSA) is 61.9 Å². The number of amides is 2. The fraction of sp³-hybridized carbons (Fsp3) is 0.417. The van der Waals surface area contributed by atoms with Gasteiger partial charge >= 0.3 is 0 Å². The van der Waals surface area contributed by atoms with E-state index >= 15 is 0 Å². The Bertz CT molecular complexity index is 1020. The molecule has 2 saturated heterocycles. The highest BCUT2D eigenvalue weighted by molar-refractivity contribution is 6.31. The Morgan fingerprint density at radius 1 is 1.03 bits per heavy atom. The SMILES string of the molecule is COc1cc(Cl)cc(C(=O)N2CC(N3CCC(CNC(=O)c4cc(F)cc(Cl)c4)CC3)C2)c1. The first-order valence-corrected chi connectivity index (χ1v) is 11.7. The van der Waals surface area contributed by atoms with E-state index < -0.39 is 5.82 Å². The van der Waals surface area contributed by atoms with Crippen LogP contribution >= 0.6 is 23.2 Å². The fourth-order valence-electron chi connectivity index (χ4n) is 4.38. The lowest BCUT2D eigenvalue weighted by atomic mass is 9.93. The number of hydrogen-bond acceptors (Lipinski definition) is 4. The van der Waals surface area contributed by atoms with Gasteiger partial charge in [-0.1, -0.05) is 23.2 Å². The van der Waals surface area contributed by atoms with Crippen molar-refractivity contribution in [3.8, 4) is 5.75 Å². The van der Waals surface area contributed by atoms with Crippen molar-refractivity contribution in [2.24, 2.45) is 5.92 Å². The molecule has 0 bridgehead atoms. The first kappa shape index (κ1) is 23.8. The van der Waals surface area contributed by atoms with Gasteiger partial charge in [0.05, 0.1) is 7.11 Å². The lowest BCUT2D eigenvalue weighted by Gasteiger charge is -2.47. The largest absolute Gasteiger partial charge is 0.497 e. The Labute approximate surface area is 202 Å². The van der Waals surface area contributed by atoms with Crippen LogP contribution in [0, 0.1) is 11.7 Å². The first-order chi connectivity index (χ1) is 15.8. The van der Waals surface area contributed by atoms with Crippen molar-refractivity contribution in [3.63, 3.8) is 0 Å². The zero-order valence-electron chi connectivity index (χ0n) is 18.3. The van der Waals surface area contributed by atoms with Crippen LogP contribution in [0.1, 0.15) is 33.6 Å². The molecule has 33 heavy (non-hydrogen) atoms. The van der Waals surface area contributed by atoms with Crippen molar-refractivity contribution in [1.82, 2.24) is 15.1 Å². The van der Waals surface area contributed by atoms with Crippen LogP contribution in [0.15, 0.2) is 36.4 Å². The molecule has 0 spiro atoms. The maximum Gasteiger partial charge on any atom is 0.254 e. The van der Waals surface area contributed by atoms with Gasteiger partial charge in [-0.3, -0.25) is 14.5 Å². The van der Waals surface area contributed by atoms with Crippen molar-refractivity contribution in [2.75, 3.05) is 39.8 Å². The molecule has 0 unspecified atom stereocenters. The highest BCUT2D eigenvalue weighted by Gasteiger charge is 2.36. The third-order valence-corrected chi connectivity index (χ3v) is 6.78. The summed E-state index contributed by atoms with van der Waals surface area (Å²) in [5.74, 6) is 0.0544. The number of piperidine rings is 1. The van der Waals surface area contributed by atoms with E-state index in [1.165, 1.54) is 18.2 Å². The number of likely N-dealkylation sites (tertiary alicyclic amines) is 2. The van der Waals surface area contributed by atoms with Crippen LogP contribution in [0.3, 0.4) is 0 Å². The number of rotatable bonds is 6. The third kappa shape index (κ3) is 5.78. The number of methoxy groups -OCH3 is 1. The van der Waals surface area contributed by atoms with Crippen LogP contribution in [0.25, 0.3) is 0 Å². The van der Waals surface area contributed by atoms with E-state index in [1.54, 1.807) is 25.3 Å². The number of halogens is 3. The van der Waals surface area contributed by atoms with Crippen LogP contribution in [0.5, 0.6) is 5.75 Å². The second-order valence-electron chi connectivity index (χ2n) is 8.59. The van der Waals surface area contributed by atoms with Gasteiger partial charge in [0.25, 0.3) is 11.8 Å². The minimum atomic E-state index is -0.525. The van der Waals surface area contributed by atoms with Crippen molar-refractivity contribution >= 4 is 35.0 Å². The van der Waals surface area contributed by atoms with Gasteiger partial charge in [-0.15, -0.1) is 0 Å². The number of benzene rings is 2. The molecular formula is C24H26Cl2FN3O3. The number of ether oxygens (including phenoxy) is 1. The summed E-state index contributed by atoms with van der Waals surface area (Å²) in [7, 11) is 1.55. The van der Waals surface area contributed by atoms with Crippen LogP contribution < -0.4 is 10.1 Å². The molecule has 0 atom stereocenters. The lowest BCUT2D eigenvalue weighted by Crippen LogP contribution is -2.62. The normalized spacial score (nSPS) is 17.5. The van der Waals surface area contributed by atoms with E-state index in [4.69, 9.17) is 27.9 Å². The van der Waals surface area contributed by atoms with Gasteiger partial charge in [0.2, 0.25) is 0 Å². The Balaban J connectivity index is 1.21. The minimum Gasteiger partial charge on any atom is -0.497 e. The van der Waals surface area contributed by atoms with E-state index in [0.717, 1.165) is 25.9 Å². The molecule has 0 saturated carbocycles. The number of hydrogen-bond donors (Lipinski definition) is 1. The summed E-state index contributed by atoms with van der Waals surface area (Å²) in [6.07, 6.45) is 1.92. The molecule has 2 aliphatic heterocycles. The van der Waals surface area contributed by atoms with E-state index in [-0.39, 0.29) is 22.4 Å². The molecule has 2 fully saturated rings. The molecule has 0 aromatic heterocycles. The van der Waals surface area contributed by atoms with Gasteiger partial charge < -0.3 is 15.0 Å². The number of nitrogens with one attached hydrogen (secondary N) is 1. The molecule has 1 N–H and O–H groups in total. The molecule has 2 amide bonds. The second kappa shape index (κ2) is 10.3. The minimum absolute atomic E-state index is 0.0397. The summed E-state index contributed by atoms with van der Waals surface area (Å²) < 4.78 is 18.7. The molecule has 9 heteroatoms. The zero-order valence-corrected chi connectivity index (χ0v) is 19.8. The van der Waals surface area contributed by atoms with Crippen LogP contribution in [0.4, 0.5) is 4.39 Å². The smallest absolute Gasteiger partial charge is 0.254 e. The first-order valence-electron chi connectivity index (χ1n) is 10.9. The summed E-state index contributed by atoms with van der Waals surface area (Å²) in [5, 5.41) is 3.57. The summed E-state index contributed by atoms with van der Waals surface area (Å²) in [6, 6.07) is 9.22. The summed E-state index contributed by atoms with van der Waals surface area (Å²) in [4.78, 5) is 29.3. The molecule has 2 aromatic carbocycles. The number of carbonyl (C=O) groups is 2. The van der Waals surface area contributed by atoms with Crippen LogP contribution in [0.2, 0.25) is 10.0 Å². The van der Waals surface area contributed by atoms with Crippen molar-refractivity contribution < 1.29 is 18.7 Å². The predicted molar refractivity (Wildman–Crippen MR) is 126 cm³/mol. The number of nitrogens with zero attached hydrogens (tertiary/aromatic N) is 2. The molecule has 2 aromatic rings. The van der Waals surface area contributed by atoms with E-state index in [0.29, 0.717) is 47.9 Å². The van der Waals surface area contributed by atoms with Crippen molar-refractivity contribution in [1.29, 1.82) is 0 Å². The van der Waals surface area contributed by atoms with Gasteiger partial charge in [0, 0.05) is 46.8 Å². The predicted octanol–water partition coefficient (Wildman–Crippen LogP) is 4.11. The van der Waals surface area contributed by atoms with Crippen LogP contribution in [-0.2, 0) is 0 Å². The highest BCUT2D eigenvalue weighted by atomic mass is 35.5. The standard InChI is InChI=1S/C24H26Cl2FN3O3/c1-33-22-9-17(7-19(26)11-22)24(32)30-13-21(14-30)29-4-2-15(3-5-29)12-28-23(31)16-6-18(25)10-20(27)8-16/h6-11,15,21H,2-5,12-14H2,1H3,(H,28,31). The zero-order chi connectivity index (χ0) is 23.5. The quantitative estimate of drug-likeness (QED) is 0.657. The number of carbonyl (C=O) groups excluding carboxylic acids is 2. The maximum absolute atomic E-state index is 13.5. The molecule has 2 heterocycles. The van der Waals surface area contributed by atoms with Gasteiger partial charge in [0.1, 0.15) is 11.6 Å². The average Bonchev–Trinajstić information content (AvgIpc) is 2.76. The van der Waals surface area contributed by atoms with Gasteiger partial charge in [-0.2, -0.15) is 0 Å².